The third kappa shape index (κ3) is 2.20. The molecule has 0 saturated carbocycles. The molecule has 94 valence electrons. The van der Waals surface area contributed by atoms with E-state index in [0.717, 1.165) is 5.39 Å². The molecule has 2 N–H and O–H groups in total. The van der Waals surface area contributed by atoms with E-state index in [4.69, 9.17) is 10.5 Å². The Balaban J connectivity index is 2.06. The number of benzene rings is 2. The number of nitrogens with zero attached hydrogens (tertiary/aromatic N) is 1. The standard InChI is InChI=1S/C15H11FN2O/c16-10-3-5-11(6-4-10)19-14-8-7-13(17)12-2-1-9-18-15(12)14/h1-9H,17H2. The molecule has 0 fully saturated rings. The molecule has 0 radical (unpaired) electrons. The highest BCUT2D eigenvalue weighted by atomic mass is 19.1. The topological polar surface area (TPSA) is 48.1 Å². The Morgan fingerprint density at radius 2 is 1.79 bits per heavy atom. The minimum atomic E-state index is -0.298. The van der Waals surface area contributed by atoms with Crippen molar-refractivity contribution in [3.63, 3.8) is 0 Å². The fraction of sp³-hybridized carbons (Fsp3) is 0. The van der Waals surface area contributed by atoms with Crippen molar-refractivity contribution in [3.05, 3.63) is 60.5 Å². The Labute approximate surface area is 109 Å². The first-order valence-electron chi connectivity index (χ1n) is 5.81. The van der Waals surface area contributed by atoms with Crippen molar-refractivity contribution in [2.45, 2.75) is 0 Å². The fourth-order valence-corrected chi connectivity index (χ4v) is 1.88. The van der Waals surface area contributed by atoms with Crippen LogP contribution in [0.15, 0.2) is 54.7 Å². The molecular weight excluding hydrogens is 243 g/mol. The predicted molar refractivity (Wildman–Crippen MR) is 72.6 cm³/mol. The number of aromatic nitrogens is 1. The lowest BCUT2D eigenvalue weighted by atomic mass is 10.1. The molecule has 0 bridgehead atoms. The van der Waals surface area contributed by atoms with E-state index in [-0.39, 0.29) is 5.82 Å². The van der Waals surface area contributed by atoms with Gasteiger partial charge in [-0.25, -0.2) is 4.39 Å². The van der Waals surface area contributed by atoms with Crippen LogP contribution in [0.4, 0.5) is 10.1 Å². The molecule has 0 aliphatic heterocycles. The van der Waals surface area contributed by atoms with Crippen molar-refractivity contribution in [2.24, 2.45) is 0 Å². The average molecular weight is 254 g/mol. The summed E-state index contributed by atoms with van der Waals surface area (Å²) >= 11 is 0. The number of fused-ring (bicyclic) bond motifs is 1. The number of nitrogens with two attached hydrogens (primary N) is 1. The van der Waals surface area contributed by atoms with Gasteiger partial charge in [-0.1, -0.05) is 0 Å². The molecule has 2 aromatic carbocycles. The zero-order valence-corrected chi connectivity index (χ0v) is 10.0. The second-order valence-electron chi connectivity index (χ2n) is 4.11. The van der Waals surface area contributed by atoms with Crippen LogP contribution >= 0.6 is 0 Å². The molecule has 1 heterocycles. The zero-order valence-electron chi connectivity index (χ0n) is 10.0. The van der Waals surface area contributed by atoms with Gasteiger partial charge in [0.25, 0.3) is 0 Å². The van der Waals surface area contributed by atoms with Crippen molar-refractivity contribution >= 4 is 16.6 Å². The summed E-state index contributed by atoms with van der Waals surface area (Å²) in [4.78, 5) is 4.28. The van der Waals surface area contributed by atoms with E-state index in [1.54, 1.807) is 30.5 Å². The van der Waals surface area contributed by atoms with E-state index < -0.39 is 0 Å². The molecule has 0 saturated heterocycles. The highest BCUT2D eigenvalue weighted by Gasteiger charge is 2.07. The largest absolute Gasteiger partial charge is 0.455 e. The lowest BCUT2D eigenvalue weighted by Crippen LogP contribution is -1.92. The Hall–Kier alpha value is -2.62. The van der Waals surface area contributed by atoms with Gasteiger partial charge < -0.3 is 10.5 Å². The molecule has 0 aliphatic carbocycles. The van der Waals surface area contributed by atoms with Crippen LogP contribution in [0, 0.1) is 5.82 Å². The highest BCUT2D eigenvalue weighted by molar-refractivity contribution is 5.94. The fourth-order valence-electron chi connectivity index (χ4n) is 1.88. The third-order valence-electron chi connectivity index (χ3n) is 2.81. The summed E-state index contributed by atoms with van der Waals surface area (Å²) in [5.74, 6) is 0.849. The number of rotatable bonds is 2. The number of ether oxygens (including phenoxy) is 1. The number of pyridine rings is 1. The van der Waals surface area contributed by atoms with Gasteiger partial charge in [-0.2, -0.15) is 0 Å². The summed E-state index contributed by atoms with van der Waals surface area (Å²) in [5.41, 5.74) is 7.23. The van der Waals surface area contributed by atoms with Gasteiger partial charge in [0, 0.05) is 17.3 Å². The summed E-state index contributed by atoms with van der Waals surface area (Å²) in [5, 5.41) is 0.835. The molecule has 0 amide bonds. The van der Waals surface area contributed by atoms with Crippen molar-refractivity contribution in [2.75, 3.05) is 5.73 Å². The van der Waals surface area contributed by atoms with Gasteiger partial charge in [-0.3, -0.25) is 4.98 Å². The van der Waals surface area contributed by atoms with Gasteiger partial charge in [0.15, 0.2) is 5.75 Å². The van der Waals surface area contributed by atoms with Crippen molar-refractivity contribution < 1.29 is 9.13 Å². The van der Waals surface area contributed by atoms with E-state index >= 15 is 0 Å². The summed E-state index contributed by atoms with van der Waals surface area (Å²) in [6, 6.07) is 13.1. The van der Waals surface area contributed by atoms with Crippen LogP contribution in [-0.2, 0) is 0 Å². The molecule has 4 heteroatoms. The van der Waals surface area contributed by atoms with Crippen LogP contribution in [0.1, 0.15) is 0 Å². The first-order valence-corrected chi connectivity index (χ1v) is 5.81. The highest BCUT2D eigenvalue weighted by Crippen LogP contribution is 2.31. The second-order valence-corrected chi connectivity index (χ2v) is 4.11. The van der Waals surface area contributed by atoms with Gasteiger partial charge in [0.1, 0.15) is 17.1 Å². The Morgan fingerprint density at radius 1 is 1.00 bits per heavy atom. The summed E-state index contributed by atoms with van der Waals surface area (Å²) in [6.45, 7) is 0. The maximum atomic E-state index is 12.8. The van der Waals surface area contributed by atoms with Gasteiger partial charge in [-0.05, 0) is 48.5 Å². The number of anilines is 1. The summed E-state index contributed by atoms with van der Waals surface area (Å²) in [6.07, 6.45) is 1.68. The van der Waals surface area contributed by atoms with Crippen LogP contribution in [0.5, 0.6) is 11.5 Å². The third-order valence-corrected chi connectivity index (χ3v) is 2.81. The average Bonchev–Trinajstić information content (AvgIpc) is 2.45. The predicted octanol–water partition coefficient (Wildman–Crippen LogP) is 3.75. The minimum absolute atomic E-state index is 0.298. The molecule has 3 nitrogen and oxygen atoms in total. The first-order chi connectivity index (χ1) is 9.24. The molecule has 3 aromatic rings. The molecule has 3 rings (SSSR count). The molecular formula is C15H11FN2O. The van der Waals surface area contributed by atoms with Crippen molar-refractivity contribution in [1.29, 1.82) is 0 Å². The lowest BCUT2D eigenvalue weighted by Gasteiger charge is -2.09. The maximum absolute atomic E-state index is 12.8. The Morgan fingerprint density at radius 3 is 2.58 bits per heavy atom. The maximum Gasteiger partial charge on any atom is 0.153 e. The quantitative estimate of drug-likeness (QED) is 0.708. The van der Waals surface area contributed by atoms with Gasteiger partial charge in [-0.15, -0.1) is 0 Å². The van der Waals surface area contributed by atoms with E-state index in [1.807, 2.05) is 12.1 Å². The molecule has 0 atom stereocenters. The summed E-state index contributed by atoms with van der Waals surface area (Å²) in [7, 11) is 0. The van der Waals surface area contributed by atoms with Crippen LogP contribution in [-0.4, -0.2) is 4.98 Å². The van der Waals surface area contributed by atoms with Gasteiger partial charge in [0.2, 0.25) is 0 Å². The van der Waals surface area contributed by atoms with Gasteiger partial charge in [0.05, 0.1) is 0 Å². The van der Waals surface area contributed by atoms with Crippen LogP contribution < -0.4 is 10.5 Å². The SMILES string of the molecule is Nc1ccc(Oc2ccc(F)cc2)c2ncccc12. The summed E-state index contributed by atoms with van der Waals surface area (Å²) < 4.78 is 18.6. The van der Waals surface area contributed by atoms with Gasteiger partial charge >= 0.3 is 0 Å². The number of nitrogen functional groups attached to an aromatic ring is 1. The monoisotopic (exact) mass is 254 g/mol. The second kappa shape index (κ2) is 4.57. The number of hydrogen-bond donors (Lipinski definition) is 1. The Kier molecular flexibility index (Phi) is 2.76. The molecule has 0 spiro atoms. The molecule has 0 unspecified atom stereocenters. The Bertz CT molecular complexity index is 726. The smallest absolute Gasteiger partial charge is 0.153 e. The first kappa shape index (κ1) is 11.5. The van der Waals surface area contributed by atoms with Crippen molar-refractivity contribution in [1.82, 2.24) is 4.98 Å². The minimum Gasteiger partial charge on any atom is -0.455 e. The molecule has 1 aromatic heterocycles. The van der Waals surface area contributed by atoms with E-state index in [1.165, 1.54) is 12.1 Å². The number of hydrogen-bond acceptors (Lipinski definition) is 3. The molecule has 19 heavy (non-hydrogen) atoms. The van der Waals surface area contributed by atoms with E-state index in [9.17, 15) is 4.39 Å². The van der Waals surface area contributed by atoms with Crippen molar-refractivity contribution in [3.8, 4) is 11.5 Å². The van der Waals surface area contributed by atoms with E-state index in [0.29, 0.717) is 22.7 Å². The van der Waals surface area contributed by atoms with E-state index in [2.05, 4.69) is 4.98 Å². The zero-order chi connectivity index (χ0) is 13.2. The van der Waals surface area contributed by atoms with Crippen LogP contribution in [0.25, 0.3) is 10.9 Å². The normalized spacial score (nSPS) is 10.6. The molecule has 0 aliphatic rings. The lowest BCUT2D eigenvalue weighted by molar-refractivity contribution is 0.485. The van der Waals surface area contributed by atoms with Crippen LogP contribution in [0.2, 0.25) is 0 Å². The number of halogens is 1. The van der Waals surface area contributed by atoms with Crippen LogP contribution in [0.3, 0.4) is 0 Å².